The zero-order valence-electron chi connectivity index (χ0n) is 19.2. The van der Waals surface area contributed by atoms with Gasteiger partial charge in [-0.3, -0.25) is 9.80 Å². The third-order valence-electron chi connectivity index (χ3n) is 5.89. The smallest absolute Gasteiger partial charge is 0.141 e. The van der Waals surface area contributed by atoms with Crippen molar-refractivity contribution in [2.24, 2.45) is 0 Å². The highest BCUT2D eigenvalue weighted by Gasteiger charge is 2.17. The molecule has 8 heteroatoms. The van der Waals surface area contributed by atoms with E-state index in [1.807, 2.05) is 41.9 Å². The first kappa shape index (κ1) is 22.5. The standard InChI is InChI=1S/C26H28N6OS/c1-33-22-5-2-4-20(16-22)18-31-11-13-32(14-12-31)19-21-8-9-24(28-17-21)30-25-7-3-6-23(29-25)26-27-10-15-34-26/h2-10,15-17H,11-14,18-19H2,1H3,(H,28,29,30). The third kappa shape index (κ3) is 5.77. The van der Waals surface area contributed by atoms with E-state index in [2.05, 4.69) is 54.3 Å². The molecule has 174 valence electrons. The van der Waals surface area contributed by atoms with Crippen LogP contribution in [-0.4, -0.2) is 58.0 Å². The summed E-state index contributed by atoms with van der Waals surface area (Å²) >= 11 is 1.58. The summed E-state index contributed by atoms with van der Waals surface area (Å²) in [6.45, 7) is 6.11. The van der Waals surface area contributed by atoms with Crippen LogP contribution in [0.15, 0.2) is 72.4 Å². The van der Waals surface area contributed by atoms with Gasteiger partial charge in [0.25, 0.3) is 0 Å². The molecule has 1 saturated heterocycles. The summed E-state index contributed by atoms with van der Waals surface area (Å²) in [6, 6.07) is 18.4. The Labute approximate surface area is 204 Å². The van der Waals surface area contributed by atoms with Crippen molar-refractivity contribution in [1.82, 2.24) is 24.8 Å². The Morgan fingerprint density at radius 2 is 1.68 bits per heavy atom. The maximum absolute atomic E-state index is 5.35. The number of methoxy groups -OCH3 is 1. The van der Waals surface area contributed by atoms with Gasteiger partial charge in [-0.1, -0.05) is 24.3 Å². The van der Waals surface area contributed by atoms with Gasteiger partial charge < -0.3 is 10.1 Å². The van der Waals surface area contributed by atoms with Crippen molar-refractivity contribution in [2.75, 3.05) is 38.6 Å². The van der Waals surface area contributed by atoms with E-state index in [4.69, 9.17) is 4.74 Å². The van der Waals surface area contributed by atoms with E-state index in [0.717, 1.165) is 67.4 Å². The fraction of sp³-hybridized carbons (Fsp3) is 0.269. The van der Waals surface area contributed by atoms with Crippen molar-refractivity contribution in [1.29, 1.82) is 0 Å². The Morgan fingerprint density at radius 1 is 0.882 bits per heavy atom. The Kier molecular flexibility index (Phi) is 7.09. The van der Waals surface area contributed by atoms with Gasteiger partial charge in [0.2, 0.25) is 0 Å². The van der Waals surface area contributed by atoms with Crippen molar-refractivity contribution < 1.29 is 4.74 Å². The normalized spacial score (nSPS) is 14.7. The summed E-state index contributed by atoms with van der Waals surface area (Å²) in [4.78, 5) is 18.6. The second-order valence-corrected chi connectivity index (χ2v) is 9.22. The monoisotopic (exact) mass is 472 g/mol. The molecular formula is C26H28N6OS. The van der Waals surface area contributed by atoms with Crippen LogP contribution in [0, 0.1) is 0 Å². The van der Waals surface area contributed by atoms with E-state index in [1.165, 1.54) is 11.1 Å². The summed E-state index contributed by atoms with van der Waals surface area (Å²) < 4.78 is 5.35. The molecule has 0 amide bonds. The van der Waals surface area contributed by atoms with E-state index in [9.17, 15) is 0 Å². The number of pyridine rings is 2. The maximum Gasteiger partial charge on any atom is 0.141 e. The maximum atomic E-state index is 5.35. The molecule has 0 bridgehead atoms. The van der Waals surface area contributed by atoms with Crippen molar-refractivity contribution in [3.63, 3.8) is 0 Å². The highest BCUT2D eigenvalue weighted by atomic mass is 32.1. The molecule has 1 fully saturated rings. The van der Waals surface area contributed by atoms with Crippen LogP contribution in [0.4, 0.5) is 11.6 Å². The molecule has 0 atom stereocenters. The van der Waals surface area contributed by atoms with Crippen LogP contribution in [0.25, 0.3) is 10.7 Å². The number of thiazole rings is 1. The van der Waals surface area contributed by atoms with Gasteiger partial charge in [-0.15, -0.1) is 11.3 Å². The van der Waals surface area contributed by atoms with E-state index >= 15 is 0 Å². The van der Waals surface area contributed by atoms with E-state index in [1.54, 1.807) is 24.6 Å². The number of nitrogens with one attached hydrogen (secondary N) is 1. The summed E-state index contributed by atoms with van der Waals surface area (Å²) in [5.74, 6) is 2.47. The molecular weight excluding hydrogens is 444 g/mol. The van der Waals surface area contributed by atoms with Gasteiger partial charge in [0, 0.05) is 57.0 Å². The quantitative estimate of drug-likeness (QED) is 0.400. The number of nitrogens with zero attached hydrogens (tertiary/aromatic N) is 5. The van der Waals surface area contributed by atoms with Gasteiger partial charge >= 0.3 is 0 Å². The fourth-order valence-corrected chi connectivity index (χ4v) is 4.70. The lowest BCUT2D eigenvalue weighted by Crippen LogP contribution is -2.45. The molecule has 0 unspecified atom stereocenters. The zero-order valence-corrected chi connectivity index (χ0v) is 20.0. The van der Waals surface area contributed by atoms with Gasteiger partial charge in [-0.25, -0.2) is 15.0 Å². The molecule has 1 aromatic carbocycles. The molecule has 7 nitrogen and oxygen atoms in total. The number of hydrogen-bond acceptors (Lipinski definition) is 8. The zero-order chi connectivity index (χ0) is 23.2. The van der Waals surface area contributed by atoms with Gasteiger partial charge in [0.1, 0.15) is 28.1 Å². The number of hydrogen-bond donors (Lipinski definition) is 1. The third-order valence-corrected chi connectivity index (χ3v) is 6.69. The van der Waals surface area contributed by atoms with E-state index < -0.39 is 0 Å². The van der Waals surface area contributed by atoms with Crippen LogP contribution in [0.1, 0.15) is 11.1 Å². The molecule has 0 spiro atoms. The molecule has 1 aliphatic heterocycles. The molecule has 0 radical (unpaired) electrons. The number of aromatic nitrogens is 3. The van der Waals surface area contributed by atoms with Crippen molar-refractivity contribution in [3.8, 4) is 16.5 Å². The van der Waals surface area contributed by atoms with Crippen LogP contribution in [0.2, 0.25) is 0 Å². The highest BCUT2D eigenvalue weighted by Crippen LogP contribution is 2.22. The van der Waals surface area contributed by atoms with Gasteiger partial charge in [0.15, 0.2) is 0 Å². The van der Waals surface area contributed by atoms with Crippen molar-refractivity contribution in [3.05, 3.63) is 83.5 Å². The number of benzene rings is 1. The van der Waals surface area contributed by atoms with Crippen LogP contribution >= 0.6 is 11.3 Å². The Balaban J connectivity index is 1.12. The predicted molar refractivity (Wildman–Crippen MR) is 136 cm³/mol. The fourth-order valence-electron chi connectivity index (χ4n) is 4.09. The van der Waals surface area contributed by atoms with Gasteiger partial charge in [0.05, 0.1) is 7.11 Å². The van der Waals surface area contributed by atoms with Gasteiger partial charge in [-0.2, -0.15) is 0 Å². The second-order valence-electron chi connectivity index (χ2n) is 8.33. The van der Waals surface area contributed by atoms with Crippen LogP contribution in [-0.2, 0) is 13.1 Å². The molecule has 3 aromatic heterocycles. The minimum Gasteiger partial charge on any atom is -0.497 e. The van der Waals surface area contributed by atoms with E-state index in [0.29, 0.717) is 0 Å². The molecule has 0 aliphatic carbocycles. The first-order valence-corrected chi connectivity index (χ1v) is 12.3. The SMILES string of the molecule is COc1cccc(CN2CCN(Cc3ccc(Nc4cccc(-c5nccs5)n4)nc3)CC2)c1. The molecule has 5 rings (SSSR count). The minimum atomic E-state index is 0.764. The summed E-state index contributed by atoms with van der Waals surface area (Å²) in [5.41, 5.74) is 3.38. The molecule has 4 aromatic rings. The van der Waals surface area contributed by atoms with Crippen LogP contribution < -0.4 is 10.1 Å². The number of piperazine rings is 1. The Hall–Kier alpha value is -3.33. The number of anilines is 2. The average Bonchev–Trinajstić information content (AvgIpc) is 3.42. The molecule has 1 N–H and O–H groups in total. The lowest BCUT2D eigenvalue weighted by Gasteiger charge is -2.34. The minimum absolute atomic E-state index is 0.764. The molecule has 1 aliphatic rings. The summed E-state index contributed by atoms with van der Waals surface area (Å²) in [7, 11) is 1.72. The highest BCUT2D eigenvalue weighted by molar-refractivity contribution is 7.13. The topological polar surface area (TPSA) is 66.4 Å². The first-order chi connectivity index (χ1) is 16.7. The molecule has 4 heterocycles. The predicted octanol–water partition coefficient (Wildman–Crippen LogP) is 4.67. The van der Waals surface area contributed by atoms with E-state index in [-0.39, 0.29) is 0 Å². The number of rotatable bonds is 8. The average molecular weight is 473 g/mol. The van der Waals surface area contributed by atoms with Gasteiger partial charge in [-0.05, 0) is 41.5 Å². The van der Waals surface area contributed by atoms with Crippen LogP contribution in [0.5, 0.6) is 5.75 Å². The molecule has 0 saturated carbocycles. The van der Waals surface area contributed by atoms with Crippen molar-refractivity contribution in [2.45, 2.75) is 13.1 Å². The Bertz CT molecular complexity index is 1190. The lowest BCUT2D eigenvalue weighted by atomic mass is 10.1. The largest absolute Gasteiger partial charge is 0.497 e. The number of ether oxygens (including phenoxy) is 1. The second kappa shape index (κ2) is 10.7. The molecule has 34 heavy (non-hydrogen) atoms. The first-order valence-electron chi connectivity index (χ1n) is 11.4. The lowest BCUT2D eigenvalue weighted by molar-refractivity contribution is 0.122. The Morgan fingerprint density at radius 3 is 2.38 bits per heavy atom. The summed E-state index contributed by atoms with van der Waals surface area (Å²) in [5, 5.41) is 6.17. The van der Waals surface area contributed by atoms with Crippen molar-refractivity contribution >= 4 is 23.0 Å². The van der Waals surface area contributed by atoms with Crippen LogP contribution in [0.3, 0.4) is 0 Å². The summed E-state index contributed by atoms with van der Waals surface area (Å²) in [6.07, 6.45) is 3.75.